The van der Waals surface area contributed by atoms with Crippen molar-refractivity contribution in [2.75, 3.05) is 43.4 Å². The number of likely N-dealkylation sites (N-methyl/N-ethyl adjacent to an activating group) is 1. The Morgan fingerprint density at radius 1 is 1.00 bits per heavy atom. The molecule has 10 heteroatoms. The molecular weight excluding hydrogens is 516 g/mol. The minimum Gasteiger partial charge on any atom is -0.386 e. The van der Waals surface area contributed by atoms with Gasteiger partial charge in [-0.05, 0) is 87.4 Å². The van der Waals surface area contributed by atoms with Crippen molar-refractivity contribution in [3.05, 3.63) is 64.2 Å². The molecule has 0 amide bonds. The number of nitrogens with one attached hydrogen (secondary N) is 1. The van der Waals surface area contributed by atoms with E-state index in [0.29, 0.717) is 35.3 Å². The van der Waals surface area contributed by atoms with Gasteiger partial charge in [-0.15, -0.1) is 0 Å². The van der Waals surface area contributed by atoms with Crippen LogP contribution in [-0.4, -0.2) is 67.5 Å². The van der Waals surface area contributed by atoms with Gasteiger partial charge in [0.2, 0.25) is 5.95 Å². The molecule has 1 aliphatic heterocycles. The first-order chi connectivity index (χ1) is 20.0. The van der Waals surface area contributed by atoms with Crippen LogP contribution in [0.2, 0.25) is 0 Å². The van der Waals surface area contributed by atoms with Gasteiger partial charge in [-0.1, -0.05) is 6.07 Å². The van der Waals surface area contributed by atoms with Gasteiger partial charge in [0, 0.05) is 55.7 Å². The maximum absolute atomic E-state index is 13.6. The van der Waals surface area contributed by atoms with Crippen LogP contribution in [0.1, 0.15) is 49.5 Å². The quantitative estimate of drug-likeness (QED) is 0.374. The minimum atomic E-state index is -0.558. The predicted molar refractivity (Wildman–Crippen MR) is 158 cm³/mol. The lowest BCUT2D eigenvalue weighted by Gasteiger charge is -2.34. The lowest BCUT2D eigenvalue weighted by Crippen LogP contribution is -2.44. The summed E-state index contributed by atoms with van der Waals surface area (Å²) in [4.78, 5) is 32.7. The summed E-state index contributed by atoms with van der Waals surface area (Å²) in [5.74, 6) is 1.53. The molecule has 1 saturated heterocycles. The summed E-state index contributed by atoms with van der Waals surface area (Å²) < 4.78 is 3.61. The number of anilines is 3. The summed E-state index contributed by atoms with van der Waals surface area (Å²) in [6.45, 7) is 4.79. The molecule has 3 aliphatic carbocycles. The number of pyridine rings is 1. The van der Waals surface area contributed by atoms with Gasteiger partial charge in [-0.25, -0.2) is 19.3 Å². The summed E-state index contributed by atoms with van der Waals surface area (Å²) in [6, 6.07) is 12.4. The molecule has 0 bridgehead atoms. The fraction of sp³-hybridized carbons (Fsp3) is 0.484. The third kappa shape index (κ3) is 4.40. The van der Waals surface area contributed by atoms with Crippen LogP contribution in [0.5, 0.6) is 0 Å². The number of piperazine rings is 1. The van der Waals surface area contributed by atoms with Crippen LogP contribution >= 0.6 is 0 Å². The van der Waals surface area contributed by atoms with E-state index in [-0.39, 0.29) is 11.0 Å². The summed E-state index contributed by atoms with van der Waals surface area (Å²) in [6.07, 6.45) is 7.36. The van der Waals surface area contributed by atoms with Gasteiger partial charge in [0.15, 0.2) is 11.5 Å². The Morgan fingerprint density at radius 2 is 1.78 bits per heavy atom. The maximum atomic E-state index is 13.6. The Labute approximate surface area is 238 Å². The predicted octanol–water partition coefficient (Wildman–Crippen LogP) is 3.64. The van der Waals surface area contributed by atoms with Crippen LogP contribution < -0.4 is 15.8 Å². The summed E-state index contributed by atoms with van der Waals surface area (Å²) in [5.41, 5.74) is 4.37. The zero-order chi connectivity index (χ0) is 27.7. The van der Waals surface area contributed by atoms with Crippen LogP contribution in [0.25, 0.3) is 16.9 Å². The lowest BCUT2D eigenvalue weighted by atomic mass is 9.82. The number of aliphatic hydroxyl groups is 1. The Kier molecular flexibility index (Phi) is 5.72. The largest absolute Gasteiger partial charge is 0.386 e. The molecule has 1 unspecified atom stereocenters. The Morgan fingerprint density at radius 3 is 2.51 bits per heavy atom. The molecule has 1 atom stereocenters. The van der Waals surface area contributed by atoms with E-state index in [2.05, 4.69) is 45.3 Å². The number of rotatable bonds is 6. The fourth-order valence-electron chi connectivity index (χ4n) is 6.53. The first-order valence-corrected chi connectivity index (χ1v) is 14.9. The van der Waals surface area contributed by atoms with Crippen LogP contribution in [0.4, 0.5) is 17.3 Å². The van der Waals surface area contributed by atoms with Crippen molar-refractivity contribution >= 4 is 28.4 Å². The van der Waals surface area contributed by atoms with Gasteiger partial charge in [-0.2, -0.15) is 4.98 Å². The molecule has 10 nitrogen and oxygen atoms in total. The Bertz CT molecular complexity index is 1680. The van der Waals surface area contributed by atoms with Gasteiger partial charge < -0.3 is 20.2 Å². The van der Waals surface area contributed by atoms with Crippen molar-refractivity contribution in [2.45, 2.75) is 51.2 Å². The van der Waals surface area contributed by atoms with E-state index >= 15 is 0 Å². The Hall–Kier alpha value is -3.76. The second-order valence-corrected chi connectivity index (χ2v) is 12.5. The summed E-state index contributed by atoms with van der Waals surface area (Å²) >= 11 is 0. The molecule has 4 aromatic rings. The molecule has 2 saturated carbocycles. The van der Waals surface area contributed by atoms with Crippen molar-refractivity contribution in [3.8, 4) is 5.82 Å². The fourth-order valence-corrected chi connectivity index (χ4v) is 6.53. The number of nitrogens with zero attached hydrogens (tertiary/aromatic N) is 7. The van der Waals surface area contributed by atoms with E-state index in [4.69, 9.17) is 9.97 Å². The molecular formula is C31H36N8O2. The molecule has 3 aromatic heterocycles. The molecule has 1 spiro atoms. The molecule has 4 heterocycles. The highest BCUT2D eigenvalue weighted by molar-refractivity contribution is 5.77. The second-order valence-electron chi connectivity index (χ2n) is 12.5. The molecule has 41 heavy (non-hydrogen) atoms. The number of fused-ring (bicyclic) bond motifs is 2. The molecule has 8 rings (SSSR count). The van der Waals surface area contributed by atoms with Crippen LogP contribution in [0.3, 0.4) is 0 Å². The average molecular weight is 553 g/mol. The van der Waals surface area contributed by atoms with Crippen molar-refractivity contribution in [1.29, 1.82) is 0 Å². The lowest BCUT2D eigenvalue weighted by molar-refractivity contribution is 0.0734. The SMILES string of the molecule is CN1CCN(c2ccc(Nc3ncc4c(=O)n(CC5CC5)n(-c5ccc6c(n5)C(O)C5(CC6)CC5)c4n3)cc2)CC1. The number of hydrogen-bond donors (Lipinski definition) is 2. The molecule has 212 valence electrons. The van der Waals surface area contributed by atoms with E-state index in [9.17, 15) is 9.90 Å². The smallest absolute Gasteiger partial charge is 0.278 e. The van der Waals surface area contributed by atoms with E-state index in [1.54, 1.807) is 10.9 Å². The van der Waals surface area contributed by atoms with Crippen LogP contribution in [-0.2, 0) is 13.0 Å². The topological polar surface area (TPSA) is 104 Å². The first kappa shape index (κ1) is 25.0. The van der Waals surface area contributed by atoms with Crippen LogP contribution in [0.15, 0.2) is 47.4 Å². The molecule has 1 aromatic carbocycles. The minimum absolute atomic E-state index is 0.00971. The molecule has 3 fully saturated rings. The highest BCUT2D eigenvalue weighted by Gasteiger charge is 2.52. The third-order valence-corrected chi connectivity index (χ3v) is 9.63. The van der Waals surface area contributed by atoms with Gasteiger partial charge in [-0.3, -0.25) is 4.79 Å². The number of aliphatic hydroxyl groups excluding tert-OH is 1. The number of benzene rings is 1. The van der Waals surface area contributed by atoms with Crippen molar-refractivity contribution in [3.63, 3.8) is 0 Å². The maximum Gasteiger partial charge on any atom is 0.278 e. The normalized spacial score (nSPS) is 21.8. The van der Waals surface area contributed by atoms with Crippen LogP contribution in [0, 0.1) is 11.3 Å². The number of aromatic nitrogens is 5. The molecule has 2 N–H and O–H groups in total. The molecule has 4 aliphatic rings. The van der Waals surface area contributed by atoms with Gasteiger partial charge in [0.1, 0.15) is 11.5 Å². The van der Waals surface area contributed by atoms with E-state index < -0.39 is 6.10 Å². The first-order valence-electron chi connectivity index (χ1n) is 14.9. The zero-order valence-corrected chi connectivity index (χ0v) is 23.5. The summed E-state index contributed by atoms with van der Waals surface area (Å²) in [5, 5.41) is 15.0. The van der Waals surface area contributed by atoms with E-state index in [0.717, 1.165) is 81.6 Å². The van der Waals surface area contributed by atoms with Gasteiger partial charge in [0.05, 0.1) is 5.69 Å². The molecule has 0 radical (unpaired) electrons. The second kappa shape index (κ2) is 9.39. The standard InChI is InChI=1S/C31H36N8O2/c1-36-14-16-37(17-15-36)23-7-5-22(6-8-23)33-30-32-18-24-28(35-30)39(38(29(24)41)19-20-2-3-20)25-9-4-21-10-11-31(12-13-31)27(40)26(21)34-25/h4-9,18,20,27,40H,2-3,10-17,19H2,1H3,(H,32,33,35). The monoisotopic (exact) mass is 552 g/mol. The van der Waals surface area contributed by atoms with Crippen molar-refractivity contribution in [1.82, 2.24) is 29.2 Å². The van der Waals surface area contributed by atoms with E-state index in [1.165, 1.54) is 5.69 Å². The highest BCUT2D eigenvalue weighted by atomic mass is 16.3. The van der Waals surface area contributed by atoms with Gasteiger partial charge >= 0.3 is 0 Å². The Balaban J connectivity index is 1.15. The van der Waals surface area contributed by atoms with E-state index in [1.807, 2.05) is 22.9 Å². The average Bonchev–Trinajstić information content (AvgIpc) is 3.93. The van der Waals surface area contributed by atoms with Gasteiger partial charge in [0.25, 0.3) is 5.56 Å². The number of aryl methyl sites for hydroxylation is 1. The highest BCUT2D eigenvalue weighted by Crippen LogP contribution is 2.60. The van der Waals surface area contributed by atoms with Crippen molar-refractivity contribution in [2.24, 2.45) is 11.3 Å². The summed E-state index contributed by atoms with van der Waals surface area (Å²) in [7, 11) is 2.16. The van der Waals surface area contributed by atoms with Crippen molar-refractivity contribution < 1.29 is 5.11 Å². The number of hydrogen-bond acceptors (Lipinski definition) is 8. The zero-order valence-electron chi connectivity index (χ0n) is 23.5. The third-order valence-electron chi connectivity index (χ3n) is 9.63.